The first kappa shape index (κ1) is 15.1. The standard InChI is InChI=1S/C16H21N3O2/c1-12-4-9-15(21-12)10-18(2)11-16(20)19(3)14-7-5-13(17)6-8-14/h4-9H,10-11,17H2,1-3H3. The number of likely N-dealkylation sites (N-methyl/N-ethyl adjacent to an activating group) is 2. The minimum atomic E-state index is 0.0190. The Morgan fingerprint density at radius 2 is 1.81 bits per heavy atom. The first-order chi connectivity index (χ1) is 9.95. The molecule has 0 unspecified atom stereocenters. The number of hydrogen-bond donors (Lipinski definition) is 1. The number of carbonyl (C=O) groups excluding carboxylic acids is 1. The summed E-state index contributed by atoms with van der Waals surface area (Å²) in [6.45, 7) is 2.83. The number of anilines is 2. The van der Waals surface area contributed by atoms with Crippen molar-refractivity contribution in [2.45, 2.75) is 13.5 Å². The highest BCUT2D eigenvalue weighted by molar-refractivity contribution is 5.94. The molecule has 0 fully saturated rings. The molecule has 0 aliphatic heterocycles. The van der Waals surface area contributed by atoms with Gasteiger partial charge < -0.3 is 15.1 Å². The summed E-state index contributed by atoms with van der Waals surface area (Å²) in [5.74, 6) is 1.76. The normalized spacial score (nSPS) is 10.9. The van der Waals surface area contributed by atoms with Gasteiger partial charge in [0.05, 0.1) is 13.1 Å². The van der Waals surface area contributed by atoms with Crippen molar-refractivity contribution in [1.82, 2.24) is 4.90 Å². The van der Waals surface area contributed by atoms with Gasteiger partial charge in [-0.1, -0.05) is 0 Å². The van der Waals surface area contributed by atoms with E-state index in [-0.39, 0.29) is 5.91 Å². The molecule has 0 atom stereocenters. The number of aryl methyl sites for hydroxylation is 1. The number of nitrogens with two attached hydrogens (primary N) is 1. The highest BCUT2D eigenvalue weighted by Gasteiger charge is 2.14. The van der Waals surface area contributed by atoms with Crippen molar-refractivity contribution in [3.05, 3.63) is 47.9 Å². The molecule has 2 N–H and O–H groups in total. The number of rotatable bonds is 5. The lowest BCUT2D eigenvalue weighted by atomic mass is 10.2. The molecule has 1 heterocycles. The lowest BCUT2D eigenvalue weighted by molar-refractivity contribution is -0.119. The van der Waals surface area contributed by atoms with E-state index in [0.717, 1.165) is 17.2 Å². The second-order valence-electron chi connectivity index (χ2n) is 5.23. The minimum Gasteiger partial charge on any atom is -0.465 e. The molecular formula is C16H21N3O2. The van der Waals surface area contributed by atoms with Crippen molar-refractivity contribution in [1.29, 1.82) is 0 Å². The molecule has 0 aliphatic carbocycles. The SMILES string of the molecule is Cc1ccc(CN(C)CC(=O)N(C)c2ccc(N)cc2)o1. The van der Waals surface area contributed by atoms with E-state index in [1.54, 1.807) is 24.1 Å². The van der Waals surface area contributed by atoms with Crippen LogP contribution in [-0.4, -0.2) is 31.4 Å². The Morgan fingerprint density at radius 3 is 2.38 bits per heavy atom. The summed E-state index contributed by atoms with van der Waals surface area (Å²) in [6.07, 6.45) is 0. The van der Waals surface area contributed by atoms with Gasteiger partial charge in [0.1, 0.15) is 11.5 Å². The van der Waals surface area contributed by atoms with Gasteiger partial charge in [-0.05, 0) is 50.4 Å². The summed E-state index contributed by atoms with van der Waals surface area (Å²) in [5, 5.41) is 0. The zero-order chi connectivity index (χ0) is 15.4. The zero-order valence-corrected chi connectivity index (χ0v) is 12.7. The molecule has 5 heteroatoms. The monoisotopic (exact) mass is 287 g/mol. The van der Waals surface area contributed by atoms with Gasteiger partial charge in [0, 0.05) is 18.4 Å². The van der Waals surface area contributed by atoms with Crippen molar-refractivity contribution in [3.63, 3.8) is 0 Å². The van der Waals surface area contributed by atoms with Crippen LogP contribution in [0.4, 0.5) is 11.4 Å². The van der Waals surface area contributed by atoms with Gasteiger partial charge in [0.15, 0.2) is 0 Å². The molecule has 1 aromatic heterocycles. The van der Waals surface area contributed by atoms with E-state index in [4.69, 9.17) is 10.2 Å². The molecule has 2 rings (SSSR count). The summed E-state index contributed by atoms with van der Waals surface area (Å²) in [7, 11) is 3.66. The van der Waals surface area contributed by atoms with Gasteiger partial charge >= 0.3 is 0 Å². The molecule has 0 aliphatic rings. The lowest BCUT2D eigenvalue weighted by Gasteiger charge is -2.21. The molecular weight excluding hydrogens is 266 g/mol. The van der Waals surface area contributed by atoms with Crippen LogP contribution in [0.15, 0.2) is 40.8 Å². The number of hydrogen-bond acceptors (Lipinski definition) is 4. The molecule has 0 saturated heterocycles. The van der Waals surface area contributed by atoms with Crippen LogP contribution in [0.5, 0.6) is 0 Å². The van der Waals surface area contributed by atoms with Crippen LogP contribution in [-0.2, 0) is 11.3 Å². The Balaban J connectivity index is 1.92. The van der Waals surface area contributed by atoms with Crippen LogP contribution in [0.1, 0.15) is 11.5 Å². The fraction of sp³-hybridized carbons (Fsp3) is 0.312. The number of furan rings is 1. The van der Waals surface area contributed by atoms with Crippen molar-refractivity contribution in [3.8, 4) is 0 Å². The maximum atomic E-state index is 12.3. The van der Waals surface area contributed by atoms with Crippen LogP contribution >= 0.6 is 0 Å². The summed E-state index contributed by atoms with van der Waals surface area (Å²) in [4.78, 5) is 15.8. The maximum absolute atomic E-state index is 12.3. The van der Waals surface area contributed by atoms with E-state index in [1.165, 1.54) is 0 Å². The van der Waals surface area contributed by atoms with Crippen LogP contribution in [0, 0.1) is 6.92 Å². The van der Waals surface area contributed by atoms with Gasteiger partial charge in [-0.15, -0.1) is 0 Å². The predicted octanol–water partition coefficient (Wildman–Crippen LogP) is 2.27. The van der Waals surface area contributed by atoms with E-state index in [2.05, 4.69) is 0 Å². The highest BCUT2D eigenvalue weighted by atomic mass is 16.3. The summed E-state index contributed by atoms with van der Waals surface area (Å²) >= 11 is 0. The van der Waals surface area contributed by atoms with Crippen molar-refractivity contribution in [2.75, 3.05) is 31.3 Å². The van der Waals surface area contributed by atoms with Crippen LogP contribution in [0.25, 0.3) is 0 Å². The summed E-state index contributed by atoms with van der Waals surface area (Å²) in [6, 6.07) is 11.1. The Kier molecular flexibility index (Phi) is 4.65. The molecule has 0 bridgehead atoms. The Morgan fingerprint density at radius 1 is 1.14 bits per heavy atom. The Bertz CT molecular complexity index is 604. The fourth-order valence-corrected chi connectivity index (χ4v) is 2.07. The third kappa shape index (κ3) is 4.10. The molecule has 0 saturated carbocycles. The fourth-order valence-electron chi connectivity index (χ4n) is 2.07. The minimum absolute atomic E-state index is 0.0190. The van der Waals surface area contributed by atoms with Gasteiger partial charge in [0.25, 0.3) is 0 Å². The van der Waals surface area contributed by atoms with Gasteiger partial charge in [-0.3, -0.25) is 9.69 Å². The number of nitrogens with zero attached hydrogens (tertiary/aromatic N) is 2. The molecule has 5 nitrogen and oxygen atoms in total. The van der Waals surface area contributed by atoms with Gasteiger partial charge in [0.2, 0.25) is 5.91 Å². The second-order valence-corrected chi connectivity index (χ2v) is 5.23. The number of nitrogen functional groups attached to an aromatic ring is 1. The van der Waals surface area contributed by atoms with Crippen molar-refractivity contribution in [2.24, 2.45) is 0 Å². The predicted molar refractivity (Wildman–Crippen MR) is 84.0 cm³/mol. The average Bonchev–Trinajstić information content (AvgIpc) is 2.83. The molecule has 1 amide bonds. The first-order valence-electron chi connectivity index (χ1n) is 6.81. The van der Waals surface area contributed by atoms with Crippen molar-refractivity contribution < 1.29 is 9.21 Å². The quantitative estimate of drug-likeness (QED) is 0.857. The summed E-state index contributed by atoms with van der Waals surface area (Å²) < 4.78 is 5.51. The number of carbonyl (C=O) groups is 1. The highest BCUT2D eigenvalue weighted by Crippen LogP contribution is 2.15. The van der Waals surface area contributed by atoms with Crippen molar-refractivity contribution >= 4 is 17.3 Å². The second kappa shape index (κ2) is 6.45. The zero-order valence-electron chi connectivity index (χ0n) is 12.7. The molecule has 2 aromatic rings. The number of benzene rings is 1. The first-order valence-corrected chi connectivity index (χ1v) is 6.81. The topological polar surface area (TPSA) is 62.7 Å². The van der Waals surface area contributed by atoms with E-state index in [9.17, 15) is 4.79 Å². The average molecular weight is 287 g/mol. The molecule has 112 valence electrons. The molecule has 0 radical (unpaired) electrons. The van der Waals surface area contributed by atoms with Gasteiger partial charge in [-0.2, -0.15) is 0 Å². The summed E-state index contributed by atoms with van der Waals surface area (Å²) in [5.41, 5.74) is 7.16. The Labute approximate surface area is 124 Å². The molecule has 1 aromatic carbocycles. The van der Waals surface area contributed by atoms with Crippen LogP contribution in [0.2, 0.25) is 0 Å². The van der Waals surface area contributed by atoms with E-state index in [0.29, 0.717) is 18.8 Å². The van der Waals surface area contributed by atoms with Crippen LogP contribution in [0.3, 0.4) is 0 Å². The number of amides is 1. The lowest BCUT2D eigenvalue weighted by Crippen LogP contribution is -2.36. The third-order valence-corrected chi connectivity index (χ3v) is 3.28. The van der Waals surface area contributed by atoms with E-state index in [1.807, 2.05) is 43.1 Å². The Hall–Kier alpha value is -2.27. The van der Waals surface area contributed by atoms with Gasteiger partial charge in [-0.25, -0.2) is 0 Å². The molecule has 0 spiro atoms. The smallest absolute Gasteiger partial charge is 0.240 e. The molecule has 21 heavy (non-hydrogen) atoms. The third-order valence-electron chi connectivity index (χ3n) is 3.28. The van der Waals surface area contributed by atoms with E-state index >= 15 is 0 Å². The van der Waals surface area contributed by atoms with Crippen LogP contribution < -0.4 is 10.6 Å². The van der Waals surface area contributed by atoms with E-state index < -0.39 is 0 Å². The maximum Gasteiger partial charge on any atom is 0.240 e. The largest absolute Gasteiger partial charge is 0.465 e.